The number of hydrogen-bond donors (Lipinski definition) is 6. The number of carbonyl (C=O) groups is 2. The van der Waals surface area contributed by atoms with Gasteiger partial charge in [0.2, 0.25) is 0 Å². The van der Waals surface area contributed by atoms with E-state index in [4.69, 9.17) is 10.5 Å². The lowest BCUT2D eigenvalue weighted by molar-refractivity contribution is -0.124. The zero-order valence-electron chi connectivity index (χ0n) is 40.8. The molecule has 6 atom stereocenters. The molecule has 1 aromatic heterocycles. The van der Waals surface area contributed by atoms with Gasteiger partial charge in [-0.15, -0.1) is 0 Å². The number of rotatable bonds is 23. The number of aromatic nitrogens is 1. The number of Topliss-reactive ketones (excluding diaryl/α,β-unsaturated/α-hetero) is 1. The molecule has 0 radical (unpaired) electrons. The number of aryl methyl sites for hydroxylation is 4. The van der Waals surface area contributed by atoms with E-state index in [2.05, 4.69) is 76.3 Å². The van der Waals surface area contributed by atoms with Crippen molar-refractivity contribution in [2.75, 3.05) is 39.1 Å². The van der Waals surface area contributed by atoms with Crippen molar-refractivity contribution >= 4 is 23.0 Å². The number of carbonyl (C=O) groups excluding carboxylic acids is 2. The summed E-state index contributed by atoms with van der Waals surface area (Å²) >= 11 is 0. The van der Waals surface area contributed by atoms with Gasteiger partial charge in [0, 0.05) is 25.2 Å². The second-order valence-electron chi connectivity index (χ2n) is 20.9. The van der Waals surface area contributed by atoms with E-state index < -0.39 is 12.2 Å². The second kappa shape index (κ2) is 24.1. The average Bonchev–Trinajstić information content (AvgIpc) is 3.80. The van der Waals surface area contributed by atoms with Crippen LogP contribution in [0, 0.1) is 29.6 Å². The molecule has 8 rings (SSSR count). The maximum absolute atomic E-state index is 13.7. The number of fused-ring (bicyclic) bond motifs is 2. The first-order valence-corrected chi connectivity index (χ1v) is 26.0. The summed E-state index contributed by atoms with van der Waals surface area (Å²) in [6.07, 6.45) is 22.6. The number of nitrogen functional groups attached to an aromatic ring is 1. The van der Waals surface area contributed by atoms with Gasteiger partial charge >= 0.3 is 0 Å². The maximum atomic E-state index is 13.7. The van der Waals surface area contributed by atoms with E-state index in [0.717, 1.165) is 101 Å². The predicted octanol–water partition coefficient (Wildman–Crippen LogP) is 9.09. The topological polar surface area (TPSA) is 167 Å². The number of phenolic OH excluding ortho intramolecular Hbond substituents is 1. The molecule has 3 fully saturated rings. The van der Waals surface area contributed by atoms with Crippen molar-refractivity contribution in [3.8, 4) is 11.5 Å². The van der Waals surface area contributed by atoms with Crippen LogP contribution in [0.4, 0.5) is 5.82 Å². The molecule has 0 spiro atoms. The maximum Gasteiger partial charge on any atom is 0.163 e. The number of benzene rings is 3. The van der Waals surface area contributed by atoms with Gasteiger partial charge in [0.05, 0.1) is 25.7 Å². The van der Waals surface area contributed by atoms with Gasteiger partial charge in [0.25, 0.3) is 0 Å². The highest BCUT2D eigenvalue weighted by atomic mass is 16.5. The van der Waals surface area contributed by atoms with Crippen LogP contribution in [-0.4, -0.2) is 76.9 Å². The second-order valence-corrected chi connectivity index (χ2v) is 20.9. The van der Waals surface area contributed by atoms with Crippen LogP contribution in [0.3, 0.4) is 0 Å². The van der Waals surface area contributed by atoms with Gasteiger partial charge in [-0.1, -0.05) is 86.0 Å². The fourth-order valence-corrected chi connectivity index (χ4v) is 12.5. The third-order valence-electron chi connectivity index (χ3n) is 16.1. The van der Waals surface area contributed by atoms with Crippen LogP contribution in [0.15, 0.2) is 97.2 Å². The number of aromatic hydroxyl groups is 1. The number of piperidine rings is 1. The highest BCUT2D eigenvalue weighted by molar-refractivity contribution is 6.07. The molecule has 4 aliphatic rings. The van der Waals surface area contributed by atoms with Crippen molar-refractivity contribution in [3.05, 3.63) is 136 Å². The van der Waals surface area contributed by atoms with E-state index in [-0.39, 0.29) is 29.5 Å². The Hall–Kier alpha value is -5.13. The van der Waals surface area contributed by atoms with Crippen LogP contribution >= 0.6 is 0 Å². The van der Waals surface area contributed by atoms with Crippen molar-refractivity contribution in [2.24, 2.45) is 29.6 Å². The Morgan fingerprint density at radius 1 is 0.942 bits per heavy atom. The molecule has 10 heteroatoms. The number of nitrogens with two attached hydrogens (primary N) is 1. The SMILES string of the molecule is COc1cc(/C(=C/C(=O)CC(=O)CCC[C@H](CCC2(O)CCCC2)C[C@H]2[C@H]3CCNC[C@H]3C[C@@H]3C=CCN[C@@H]23)CO)c(Cc2cnc(N)cc2CCc2cccc(CCc3ccccc3)c2)cc1O. The average molecular weight is 937 g/mol. The molecule has 0 unspecified atom stereocenters. The Morgan fingerprint density at radius 3 is 2.49 bits per heavy atom. The highest BCUT2D eigenvalue weighted by Gasteiger charge is 2.45. The lowest BCUT2D eigenvalue weighted by atomic mass is 9.59. The zero-order chi connectivity index (χ0) is 48.2. The minimum absolute atomic E-state index is 0.0614. The van der Waals surface area contributed by atoms with Gasteiger partial charge in [0.1, 0.15) is 11.6 Å². The normalized spacial score (nSPS) is 22.4. The molecule has 3 heterocycles. The lowest BCUT2D eigenvalue weighted by Gasteiger charge is -2.51. The molecule has 4 aromatic rings. The van der Waals surface area contributed by atoms with Gasteiger partial charge in [-0.3, -0.25) is 9.59 Å². The van der Waals surface area contributed by atoms with E-state index in [0.29, 0.717) is 83.8 Å². The van der Waals surface area contributed by atoms with Crippen LogP contribution in [0.5, 0.6) is 11.5 Å². The molecule has 0 bridgehead atoms. The summed E-state index contributed by atoms with van der Waals surface area (Å²) in [5.74, 6) is 2.95. The molecule has 2 aliphatic heterocycles. The first-order chi connectivity index (χ1) is 33.6. The van der Waals surface area contributed by atoms with Crippen LogP contribution in [0.25, 0.3) is 5.57 Å². The molecule has 69 heavy (non-hydrogen) atoms. The Morgan fingerprint density at radius 2 is 1.71 bits per heavy atom. The van der Waals surface area contributed by atoms with E-state index in [9.17, 15) is 24.9 Å². The van der Waals surface area contributed by atoms with Gasteiger partial charge in [-0.2, -0.15) is 0 Å². The van der Waals surface area contributed by atoms with Crippen LogP contribution in [0.2, 0.25) is 0 Å². The summed E-state index contributed by atoms with van der Waals surface area (Å²) in [5.41, 5.74) is 13.0. The highest BCUT2D eigenvalue weighted by Crippen LogP contribution is 2.47. The van der Waals surface area contributed by atoms with E-state index in [1.807, 2.05) is 12.1 Å². The first-order valence-electron chi connectivity index (χ1n) is 26.0. The smallest absolute Gasteiger partial charge is 0.163 e. The van der Waals surface area contributed by atoms with Gasteiger partial charge in [-0.05, 0) is 195 Å². The Labute approximate surface area is 410 Å². The Balaban J connectivity index is 0.919. The van der Waals surface area contributed by atoms with Crippen LogP contribution < -0.4 is 21.1 Å². The van der Waals surface area contributed by atoms with Crippen LogP contribution in [-0.2, 0) is 41.7 Å². The number of aliphatic hydroxyl groups excluding tert-OH is 1. The molecular formula is C59H76N4O6. The van der Waals surface area contributed by atoms with E-state index in [1.165, 1.54) is 42.7 Å². The minimum Gasteiger partial charge on any atom is -0.504 e. The number of allylic oxidation sites excluding steroid dienone is 1. The van der Waals surface area contributed by atoms with Crippen molar-refractivity contribution in [2.45, 2.75) is 127 Å². The van der Waals surface area contributed by atoms with Crippen molar-refractivity contribution < 1.29 is 29.6 Å². The van der Waals surface area contributed by atoms with Crippen molar-refractivity contribution in [1.29, 1.82) is 0 Å². The number of anilines is 1. The standard InChI is InChI=1S/C59H76N4O6/c1-69-56-36-53(46(33-55(56)67)31-47-38-63-57(60)34-44(47)20-19-42-13-7-12-41(28-42)18-17-40-10-3-2-4-11-40)49(39-64)32-51(66)35-50(65)16-8-14-43(21-25-59(68)23-5-6-24-59)29-54-52-22-27-61-37-48(52)30-45-15-9-26-62-58(45)54/h2-4,7,9-13,15,28,32-34,36,38,43,45,48,52,54,58,61-62,64,67-68H,5-6,8,14,16-27,29-31,35,37,39H2,1H3,(H2,60,63)/b49-32+/t43-,45+,48-,52+,54+,58-/m1/s1. The number of ketones is 2. The Bertz CT molecular complexity index is 2410. The molecule has 3 aromatic carbocycles. The molecule has 1 saturated heterocycles. The predicted molar refractivity (Wildman–Crippen MR) is 275 cm³/mol. The fourth-order valence-electron chi connectivity index (χ4n) is 12.5. The zero-order valence-corrected chi connectivity index (χ0v) is 40.8. The number of methoxy groups -OCH3 is 1. The molecule has 0 amide bonds. The molecule has 368 valence electrons. The first kappa shape index (κ1) is 50.3. The molecule has 2 saturated carbocycles. The number of nitrogens with zero attached hydrogens (tertiary/aromatic N) is 1. The summed E-state index contributed by atoms with van der Waals surface area (Å²) < 4.78 is 5.50. The largest absolute Gasteiger partial charge is 0.504 e. The van der Waals surface area contributed by atoms with Crippen LogP contribution in [0.1, 0.15) is 122 Å². The third-order valence-corrected chi connectivity index (χ3v) is 16.1. The number of nitrogens with one attached hydrogen (secondary N) is 2. The van der Waals surface area contributed by atoms with Crippen molar-refractivity contribution in [1.82, 2.24) is 15.6 Å². The summed E-state index contributed by atoms with van der Waals surface area (Å²) in [6.45, 7) is 2.63. The summed E-state index contributed by atoms with van der Waals surface area (Å²) in [7, 11) is 1.46. The number of aliphatic hydroxyl groups is 2. The number of pyridine rings is 1. The van der Waals surface area contributed by atoms with E-state index >= 15 is 0 Å². The van der Waals surface area contributed by atoms with E-state index in [1.54, 1.807) is 18.3 Å². The molecular weight excluding hydrogens is 861 g/mol. The summed E-state index contributed by atoms with van der Waals surface area (Å²) in [4.78, 5) is 31.7. The molecule has 7 N–H and O–H groups in total. The Kier molecular flexibility index (Phi) is 17.6. The molecule has 2 aliphatic carbocycles. The third kappa shape index (κ3) is 13.6. The lowest BCUT2D eigenvalue weighted by Crippen LogP contribution is -2.56. The summed E-state index contributed by atoms with van der Waals surface area (Å²) in [6, 6.07) is 24.9. The number of phenols is 1. The minimum atomic E-state index is -0.568. The summed E-state index contributed by atoms with van der Waals surface area (Å²) in [5, 5.41) is 40.7. The monoisotopic (exact) mass is 937 g/mol. The fraction of sp³-hybridized carbons (Fsp3) is 0.508. The van der Waals surface area contributed by atoms with Crippen molar-refractivity contribution in [3.63, 3.8) is 0 Å². The van der Waals surface area contributed by atoms with Gasteiger partial charge in [-0.25, -0.2) is 4.98 Å². The number of hydrogen-bond acceptors (Lipinski definition) is 10. The van der Waals surface area contributed by atoms with Gasteiger partial charge in [0.15, 0.2) is 17.3 Å². The molecule has 10 nitrogen and oxygen atoms in total. The van der Waals surface area contributed by atoms with Gasteiger partial charge < -0.3 is 36.4 Å². The quantitative estimate of drug-likeness (QED) is 0.0240. The number of ether oxygens (including phenoxy) is 1.